The number of hydrogen-bond donors (Lipinski definition) is 7. The molecule has 0 aliphatic rings. The molecule has 0 fully saturated rings. The van der Waals surface area contributed by atoms with E-state index >= 15 is 0 Å². The van der Waals surface area contributed by atoms with Gasteiger partial charge in [-0.25, -0.2) is 4.79 Å². The zero-order valence-electron chi connectivity index (χ0n) is 20.7. The summed E-state index contributed by atoms with van der Waals surface area (Å²) in [5.41, 5.74) is 5.42. The van der Waals surface area contributed by atoms with Gasteiger partial charge in [0.25, 0.3) is 0 Å². The Morgan fingerprint density at radius 3 is 2.03 bits per heavy atom. The number of carbonyl (C=O) groups excluding carboxylic acids is 3. The van der Waals surface area contributed by atoms with Crippen molar-refractivity contribution in [1.82, 2.24) is 16.0 Å². The second kappa shape index (κ2) is 17.5. The van der Waals surface area contributed by atoms with Crippen LogP contribution in [0.1, 0.15) is 60.1 Å². The maximum absolute atomic E-state index is 12.4. The van der Waals surface area contributed by atoms with Gasteiger partial charge in [-0.05, 0) is 19.8 Å². The quantitative estimate of drug-likeness (QED) is 0.107. The van der Waals surface area contributed by atoms with E-state index in [1.807, 2.05) is 0 Å². The number of carboxylic acid groups (broad SMARTS) is 3. The zero-order chi connectivity index (χ0) is 27.7. The molecule has 4 atom stereocenters. The van der Waals surface area contributed by atoms with E-state index in [9.17, 15) is 33.9 Å². The van der Waals surface area contributed by atoms with Crippen molar-refractivity contribution >= 4 is 47.4 Å². The molecule has 0 aromatic carbocycles. The van der Waals surface area contributed by atoms with Crippen LogP contribution in [0.3, 0.4) is 0 Å². The van der Waals surface area contributed by atoms with E-state index in [2.05, 4.69) is 16.0 Å². The third-order valence-electron chi connectivity index (χ3n) is 4.73. The Kier molecular flexibility index (Phi) is 15.1. The third kappa shape index (κ3) is 14.9. The summed E-state index contributed by atoms with van der Waals surface area (Å²) in [6, 6.07) is -5.00. The number of unbranched alkanes of at least 4 members (excludes halogenated alkanes) is 3. The number of carboxylic acids is 3. The first kappa shape index (κ1) is 30.2. The number of thioether (sulfide) groups is 1. The molecule has 0 rings (SSSR count). The lowest BCUT2D eigenvalue weighted by atomic mass is 10.1. The molecule has 3 amide bonds. The molecular formula is C21H36N4O9S. The highest BCUT2D eigenvalue weighted by Crippen LogP contribution is 2.08. The molecule has 200 valence electrons. The molecule has 0 saturated heterocycles. The van der Waals surface area contributed by atoms with E-state index in [4.69, 9.17) is 17.3 Å². The van der Waals surface area contributed by atoms with Crippen LogP contribution in [0.2, 0.25) is 0 Å². The van der Waals surface area contributed by atoms with Gasteiger partial charge < -0.3 is 37.0 Å². The highest BCUT2D eigenvalue weighted by molar-refractivity contribution is 7.99. The number of carbonyl (C=O) groups is 6. The number of aliphatic carboxylic acids is 3. The maximum atomic E-state index is 12.4. The van der Waals surface area contributed by atoms with E-state index in [0.717, 1.165) is 31.0 Å². The van der Waals surface area contributed by atoms with Crippen molar-refractivity contribution in [2.24, 2.45) is 5.73 Å². The van der Waals surface area contributed by atoms with Gasteiger partial charge >= 0.3 is 17.9 Å². The van der Waals surface area contributed by atoms with Crippen molar-refractivity contribution < 1.29 is 45.5 Å². The predicted octanol–water partition coefficient (Wildman–Crippen LogP) is -0.474. The molecule has 14 heteroatoms. The molecule has 0 bridgehead atoms. The van der Waals surface area contributed by atoms with Gasteiger partial charge in [0.15, 0.2) is 0 Å². The van der Waals surface area contributed by atoms with E-state index in [0.29, 0.717) is 13.3 Å². The van der Waals surface area contributed by atoms with Gasteiger partial charge in [0.2, 0.25) is 17.7 Å². The highest BCUT2D eigenvalue weighted by atomic mass is 32.2. The molecule has 0 aliphatic carbocycles. The van der Waals surface area contributed by atoms with Crippen LogP contribution < -0.4 is 21.7 Å². The summed E-state index contributed by atoms with van der Waals surface area (Å²) in [6.45, 7) is 1.53. The second-order valence-corrected chi connectivity index (χ2v) is 8.91. The number of rotatable bonds is 19. The minimum absolute atomic E-state index is 0.0697. The first-order chi connectivity index (χ1) is 16.9. The topological polar surface area (TPSA) is 225 Å². The molecule has 0 aromatic rings. The average Bonchev–Trinajstić information content (AvgIpc) is 2.80. The molecule has 0 aliphatic heterocycles. The summed E-state index contributed by atoms with van der Waals surface area (Å²) in [4.78, 5) is 70.2. The Morgan fingerprint density at radius 1 is 0.829 bits per heavy atom. The maximum Gasteiger partial charge on any atom is 0.326 e. The molecule has 13 nitrogen and oxygen atoms in total. The summed E-state index contributed by atoms with van der Waals surface area (Å²) in [6.07, 6.45) is 2.35. The van der Waals surface area contributed by atoms with Crippen molar-refractivity contribution in [2.45, 2.75) is 82.9 Å². The first-order valence-electron chi connectivity index (χ1n) is 11.8. The second-order valence-electron chi connectivity index (χ2n) is 7.83. The molecule has 0 radical (unpaired) electrons. The van der Waals surface area contributed by atoms with Crippen LogP contribution in [0.4, 0.5) is 0 Å². The van der Waals surface area contributed by atoms with Crippen LogP contribution in [0.15, 0.2) is 0 Å². The summed E-state index contributed by atoms with van der Waals surface area (Å²) >= 11 is 0.963. The van der Waals surface area contributed by atoms with E-state index < -0.39 is 59.8 Å². The Hall–Kier alpha value is -2.87. The molecule has 8 N–H and O–H groups in total. The van der Waals surface area contributed by atoms with Gasteiger partial charge in [-0.1, -0.05) is 26.2 Å². The fourth-order valence-electron chi connectivity index (χ4n) is 2.65. The van der Waals surface area contributed by atoms with Crippen LogP contribution >= 0.6 is 11.8 Å². The SMILES string of the molecule is [2H]CCCCCCC(=O)N[C@@H](CCC(=O)N[C@H](CSC[C@H](N)C(=O)O)C(=O)N[C@H](C)C(=O)O)C(=O)O. The van der Waals surface area contributed by atoms with E-state index in [1.54, 1.807) is 0 Å². The van der Waals surface area contributed by atoms with Crippen molar-refractivity contribution in [3.63, 3.8) is 0 Å². The van der Waals surface area contributed by atoms with Crippen LogP contribution in [-0.2, 0) is 28.8 Å². The fraction of sp³-hybridized carbons (Fsp3) is 0.714. The fourth-order valence-corrected chi connectivity index (χ4v) is 3.65. The average molecular weight is 522 g/mol. The number of hydrogen-bond acceptors (Lipinski definition) is 8. The van der Waals surface area contributed by atoms with Gasteiger partial charge in [0.1, 0.15) is 24.2 Å². The number of amides is 3. The van der Waals surface area contributed by atoms with Crippen molar-refractivity contribution in [1.29, 1.82) is 0 Å². The highest BCUT2D eigenvalue weighted by Gasteiger charge is 2.26. The van der Waals surface area contributed by atoms with Gasteiger partial charge in [0.05, 0.1) is 0 Å². The first-order valence-corrected chi connectivity index (χ1v) is 12.2. The van der Waals surface area contributed by atoms with Crippen LogP contribution in [-0.4, -0.2) is 86.6 Å². The summed E-state index contributed by atoms with van der Waals surface area (Å²) < 4.78 is 7.07. The van der Waals surface area contributed by atoms with Crippen LogP contribution in [0, 0.1) is 0 Å². The van der Waals surface area contributed by atoms with Gasteiger partial charge in [0, 0.05) is 25.7 Å². The lowest BCUT2D eigenvalue weighted by Crippen LogP contribution is -2.52. The lowest BCUT2D eigenvalue weighted by Gasteiger charge is -2.21. The lowest BCUT2D eigenvalue weighted by molar-refractivity contribution is -0.142. The largest absolute Gasteiger partial charge is 0.480 e. The Bertz CT molecular complexity index is 772. The monoisotopic (exact) mass is 521 g/mol. The Labute approximate surface area is 209 Å². The zero-order valence-corrected chi connectivity index (χ0v) is 20.5. The van der Waals surface area contributed by atoms with Crippen LogP contribution in [0.25, 0.3) is 0 Å². The minimum Gasteiger partial charge on any atom is -0.480 e. The Morgan fingerprint density at radius 2 is 1.46 bits per heavy atom. The normalized spacial score (nSPS) is 14.5. The Balaban J connectivity index is 4.91. The summed E-state index contributed by atoms with van der Waals surface area (Å²) in [5, 5.41) is 34.2. The molecular weight excluding hydrogens is 484 g/mol. The molecule has 0 spiro atoms. The third-order valence-corrected chi connectivity index (χ3v) is 5.89. The molecule has 0 unspecified atom stereocenters. The van der Waals surface area contributed by atoms with E-state index in [-0.39, 0.29) is 30.8 Å². The predicted molar refractivity (Wildman–Crippen MR) is 128 cm³/mol. The molecule has 0 saturated carbocycles. The number of nitrogens with one attached hydrogen (secondary N) is 3. The molecule has 0 aromatic heterocycles. The standard InChI is InChI=1S/C21H36N4O9S/c1-3-4-5-6-7-16(26)24-14(21(33)34)8-9-17(27)25-15(11-35-10-13(22)20(31)32)18(28)23-12(2)19(29)30/h12-15H,3-11,22H2,1-2H3,(H,23,28)(H,24,26)(H,25,27)(H,29,30)(H,31,32)(H,33,34)/t12-,13+,14+,15-/m1/s1/i1D. The minimum atomic E-state index is -1.33. The summed E-state index contributed by atoms with van der Waals surface area (Å²) in [7, 11) is 0. The van der Waals surface area contributed by atoms with Crippen molar-refractivity contribution in [2.75, 3.05) is 11.5 Å². The molecule has 0 heterocycles. The van der Waals surface area contributed by atoms with Gasteiger partial charge in [-0.2, -0.15) is 11.8 Å². The van der Waals surface area contributed by atoms with Crippen molar-refractivity contribution in [3.8, 4) is 0 Å². The van der Waals surface area contributed by atoms with E-state index in [1.165, 1.54) is 6.92 Å². The van der Waals surface area contributed by atoms with Gasteiger partial charge in [-0.3, -0.25) is 24.0 Å². The molecule has 35 heavy (non-hydrogen) atoms. The van der Waals surface area contributed by atoms with Gasteiger partial charge in [-0.15, -0.1) is 0 Å². The van der Waals surface area contributed by atoms with Crippen molar-refractivity contribution in [3.05, 3.63) is 0 Å². The number of nitrogens with two attached hydrogens (primary N) is 1. The van der Waals surface area contributed by atoms with Crippen LogP contribution in [0.5, 0.6) is 0 Å². The smallest absolute Gasteiger partial charge is 0.326 e. The summed E-state index contributed by atoms with van der Waals surface area (Å²) in [5.74, 6) is -6.05.